The molecule has 3 nitrogen and oxygen atoms in total. The molecule has 2 N–H and O–H groups in total. The Morgan fingerprint density at radius 3 is 2.84 bits per heavy atom. The van der Waals surface area contributed by atoms with E-state index < -0.39 is 0 Å². The Kier molecular flexibility index (Phi) is 4.87. The molecule has 2 rings (SSSR count). The van der Waals surface area contributed by atoms with Gasteiger partial charge in [0.15, 0.2) is 0 Å². The molecule has 0 aliphatic heterocycles. The van der Waals surface area contributed by atoms with Gasteiger partial charge in [-0.25, -0.2) is 9.37 Å². The summed E-state index contributed by atoms with van der Waals surface area (Å²) in [4.78, 5) is 5.39. The second-order valence-electron chi connectivity index (χ2n) is 4.29. The fraction of sp³-hybridized carbons (Fsp3) is 0.357. The summed E-state index contributed by atoms with van der Waals surface area (Å²) >= 11 is 1.62. The SMILES string of the molecule is Cc1ncsc1CCOc1cc(F)cc(CCN)c1. The van der Waals surface area contributed by atoms with Crippen molar-refractivity contribution in [3.05, 3.63) is 45.7 Å². The number of aromatic nitrogens is 1. The van der Waals surface area contributed by atoms with Crippen LogP contribution in [0.15, 0.2) is 23.7 Å². The van der Waals surface area contributed by atoms with E-state index in [-0.39, 0.29) is 5.82 Å². The fourth-order valence-corrected chi connectivity index (χ4v) is 2.61. The van der Waals surface area contributed by atoms with Gasteiger partial charge in [-0.15, -0.1) is 11.3 Å². The summed E-state index contributed by atoms with van der Waals surface area (Å²) in [7, 11) is 0. The van der Waals surface area contributed by atoms with E-state index in [2.05, 4.69) is 4.98 Å². The molecular weight excluding hydrogens is 263 g/mol. The Labute approximate surface area is 116 Å². The van der Waals surface area contributed by atoms with Gasteiger partial charge in [-0.1, -0.05) is 0 Å². The molecule has 0 unspecified atom stereocenters. The molecule has 0 fully saturated rings. The predicted molar refractivity (Wildman–Crippen MR) is 75.2 cm³/mol. The summed E-state index contributed by atoms with van der Waals surface area (Å²) in [6, 6.07) is 4.74. The third kappa shape index (κ3) is 4.01. The van der Waals surface area contributed by atoms with Gasteiger partial charge in [0.2, 0.25) is 0 Å². The van der Waals surface area contributed by atoms with Crippen molar-refractivity contribution in [3.63, 3.8) is 0 Å². The lowest BCUT2D eigenvalue weighted by Gasteiger charge is -2.08. The molecule has 1 heterocycles. The molecule has 102 valence electrons. The third-order valence-electron chi connectivity index (χ3n) is 2.81. The average molecular weight is 280 g/mol. The number of nitrogens with two attached hydrogens (primary N) is 1. The molecule has 0 aliphatic rings. The van der Waals surface area contributed by atoms with Crippen LogP contribution in [-0.4, -0.2) is 18.1 Å². The number of nitrogens with zero attached hydrogens (tertiary/aromatic N) is 1. The molecular formula is C14H17FN2OS. The summed E-state index contributed by atoms with van der Waals surface area (Å²) in [5.41, 5.74) is 9.20. The first-order valence-electron chi connectivity index (χ1n) is 6.20. The number of ether oxygens (including phenoxy) is 1. The second kappa shape index (κ2) is 6.63. The molecule has 0 saturated heterocycles. The molecule has 0 radical (unpaired) electrons. The highest BCUT2D eigenvalue weighted by atomic mass is 32.1. The molecule has 0 bridgehead atoms. The number of benzene rings is 1. The molecule has 0 amide bonds. The van der Waals surface area contributed by atoms with Crippen molar-refractivity contribution in [2.45, 2.75) is 19.8 Å². The first-order chi connectivity index (χ1) is 9.19. The van der Waals surface area contributed by atoms with Gasteiger partial charge in [-0.3, -0.25) is 0 Å². The van der Waals surface area contributed by atoms with E-state index in [4.69, 9.17) is 10.5 Å². The Bertz CT molecular complexity index is 542. The fourth-order valence-electron chi connectivity index (χ4n) is 1.84. The Hall–Kier alpha value is -1.46. The quantitative estimate of drug-likeness (QED) is 0.885. The largest absolute Gasteiger partial charge is 0.493 e. The number of thiazole rings is 1. The van der Waals surface area contributed by atoms with Gasteiger partial charge < -0.3 is 10.5 Å². The summed E-state index contributed by atoms with van der Waals surface area (Å²) in [6.45, 7) is 3.00. The van der Waals surface area contributed by atoms with Gasteiger partial charge in [0.25, 0.3) is 0 Å². The summed E-state index contributed by atoms with van der Waals surface area (Å²) in [5, 5.41) is 0. The van der Waals surface area contributed by atoms with E-state index >= 15 is 0 Å². The maximum absolute atomic E-state index is 13.4. The molecule has 19 heavy (non-hydrogen) atoms. The van der Waals surface area contributed by atoms with Crippen LogP contribution in [0.25, 0.3) is 0 Å². The van der Waals surface area contributed by atoms with Crippen molar-refractivity contribution in [1.29, 1.82) is 0 Å². The lowest BCUT2D eigenvalue weighted by atomic mass is 10.1. The van der Waals surface area contributed by atoms with E-state index in [1.165, 1.54) is 17.0 Å². The molecule has 1 aromatic carbocycles. The number of hydrogen-bond donors (Lipinski definition) is 1. The molecule has 0 atom stereocenters. The average Bonchev–Trinajstić information content (AvgIpc) is 2.75. The zero-order chi connectivity index (χ0) is 13.7. The van der Waals surface area contributed by atoms with E-state index in [0.717, 1.165) is 17.7 Å². The highest BCUT2D eigenvalue weighted by molar-refractivity contribution is 7.09. The normalized spacial score (nSPS) is 10.7. The summed E-state index contributed by atoms with van der Waals surface area (Å²) in [6.07, 6.45) is 1.45. The number of rotatable bonds is 6. The topological polar surface area (TPSA) is 48.1 Å². The van der Waals surface area contributed by atoms with Crippen molar-refractivity contribution in [3.8, 4) is 5.75 Å². The van der Waals surface area contributed by atoms with E-state index in [1.807, 2.05) is 18.5 Å². The highest BCUT2D eigenvalue weighted by Gasteiger charge is 2.04. The van der Waals surface area contributed by atoms with Crippen LogP contribution in [0.4, 0.5) is 4.39 Å². The first-order valence-corrected chi connectivity index (χ1v) is 7.08. The standard InChI is InChI=1S/C14H17FN2OS/c1-10-14(19-9-17-10)3-5-18-13-7-11(2-4-16)6-12(15)8-13/h6-9H,2-5,16H2,1H3. The number of hydrogen-bond acceptors (Lipinski definition) is 4. The van der Waals surface area contributed by atoms with E-state index in [0.29, 0.717) is 25.3 Å². The van der Waals surface area contributed by atoms with E-state index in [9.17, 15) is 4.39 Å². The van der Waals surface area contributed by atoms with Crippen LogP contribution in [0.3, 0.4) is 0 Å². The molecule has 0 aliphatic carbocycles. The van der Waals surface area contributed by atoms with Crippen LogP contribution in [0.5, 0.6) is 5.75 Å². The van der Waals surface area contributed by atoms with Crippen LogP contribution < -0.4 is 10.5 Å². The second-order valence-corrected chi connectivity index (χ2v) is 5.23. The van der Waals surface area contributed by atoms with Crippen molar-refractivity contribution < 1.29 is 9.13 Å². The lowest BCUT2D eigenvalue weighted by Crippen LogP contribution is -2.05. The van der Waals surface area contributed by atoms with Crippen molar-refractivity contribution in [2.75, 3.05) is 13.2 Å². The van der Waals surface area contributed by atoms with Crippen LogP contribution in [0, 0.1) is 12.7 Å². The van der Waals surface area contributed by atoms with Gasteiger partial charge in [-0.05, 0) is 37.6 Å². The Morgan fingerprint density at radius 1 is 1.32 bits per heavy atom. The lowest BCUT2D eigenvalue weighted by molar-refractivity contribution is 0.320. The minimum atomic E-state index is -0.282. The minimum Gasteiger partial charge on any atom is -0.493 e. The van der Waals surface area contributed by atoms with Gasteiger partial charge in [0.1, 0.15) is 11.6 Å². The van der Waals surface area contributed by atoms with Crippen LogP contribution in [0.1, 0.15) is 16.1 Å². The molecule has 5 heteroatoms. The zero-order valence-electron chi connectivity index (χ0n) is 10.9. The monoisotopic (exact) mass is 280 g/mol. The molecule has 1 aromatic heterocycles. The molecule has 0 spiro atoms. The first kappa shape index (κ1) is 14.0. The van der Waals surface area contributed by atoms with Crippen LogP contribution in [-0.2, 0) is 12.8 Å². The smallest absolute Gasteiger partial charge is 0.127 e. The molecule has 0 saturated carbocycles. The summed E-state index contributed by atoms with van der Waals surface area (Å²) in [5.74, 6) is 0.278. The zero-order valence-corrected chi connectivity index (χ0v) is 11.7. The Morgan fingerprint density at radius 2 is 2.16 bits per heavy atom. The minimum absolute atomic E-state index is 0.282. The predicted octanol–water partition coefficient (Wildman–Crippen LogP) is 2.71. The maximum Gasteiger partial charge on any atom is 0.127 e. The molecule has 2 aromatic rings. The number of halogens is 1. The van der Waals surface area contributed by atoms with E-state index in [1.54, 1.807) is 11.3 Å². The highest BCUT2D eigenvalue weighted by Crippen LogP contribution is 2.18. The van der Waals surface area contributed by atoms with Crippen LogP contribution in [0.2, 0.25) is 0 Å². The summed E-state index contributed by atoms with van der Waals surface area (Å²) < 4.78 is 19.0. The number of aryl methyl sites for hydroxylation is 1. The van der Waals surface area contributed by atoms with Crippen molar-refractivity contribution in [2.24, 2.45) is 5.73 Å². The van der Waals surface area contributed by atoms with Crippen molar-refractivity contribution in [1.82, 2.24) is 4.98 Å². The van der Waals surface area contributed by atoms with Gasteiger partial charge in [0, 0.05) is 17.4 Å². The van der Waals surface area contributed by atoms with Gasteiger partial charge >= 0.3 is 0 Å². The maximum atomic E-state index is 13.4. The Balaban J connectivity index is 1.94. The third-order valence-corrected chi connectivity index (χ3v) is 3.80. The van der Waals surface area contributed by atoms with Gasteiger partial charge in [0.05, 0.1) is 17.8 Å². The van der Waals surface area contributed by atoms with Gasteiger partial charge in [-0.2, -0.15) is 0 Å². The van der Waals surface area contributed by atoms with Crippen molar-refractivity contribution >= 4 is 11.3 Å². The van der Waals surface area contributed by atoms with Crippen LogP contribution >= 0.6 is 11.3 Å².